The Kier molecular flexibility index (Phi) is 4.26. The zero-order valence-electron chi connectivity index (χ0n) is 11.1. The van der Waals surface area contributed by atoms with Gasteiger partial charge in [0.2, 0.25) is 5.82 Å². The fraction of sp³-hybridized carbons (Fsp3) is 0.429. The molecular weight excluding hydrogens is 316 g/mol. The monoisotopic (exact) mass is 331 g/mol. The van der Waals surface area contributed by atoms with Gasteiger partial charge in [-0.05, 0) is 28.4 Å². The maximum Gasteiger partial charge on any atom is 0.201 e. The summed E-state index contributed by atoms with van der Waals surface area (Å²) in [5, 5.41) is 3.85. The van der Waals surface area contributed by atoms with Crippen molar-refractivity contribution in [2.24, 2.45) is 0 Å². The molecule has 0 unspecified atom stereocenters. The first kappa shape index (κ1) is 14.5. The lowest BCUT2D eigenvalue weighted by Crippen LogP contribution is -2.22. The summed E-state index contributed by atoms with van der Waals surface area (Å²) in [7, 11) is 0. The third-order valence-electron chi connectivity index (χ3n) is 3.02. The molecule has 1 heterocycles. The quantitative estimate of drug-likeness (QED) is 0.832. The van der Waals surface area contributed by atoms with Gasteiger partial charge < -0.3 is 9.73 Å². The van der Waals surface area contributed by atoms with Crippen LogP contribution in [0.4, 0.5) is 8.78 Å². The van der Waals surface area contributed by atoms with Crippen LogP contribution in [-0.2, 0) is 13.0 Å². The van der Waals surface area contributed by atoms with Crippen LogP contribution >= 0.6 is 15.9 Å². The van der Waals surface area contributed by atoms with Crippen LogP contribution in [0.2, 0.25) is 0 Å². The Morgan fingerprint density at radius 1 is 1.37 bits per heavy atom. The fourth-order valence-corrected chi connectivity index (χ4v) is 2.71. The van der Waals surface area contributed by atoms with Crippen LogP contribution in [0, 0.1) is 11.6 Å². The fourth-order valence-electron chi connectivity index (χ4n) is 2.09. The zero-order valence-corrected chi connectivity index (χ0v) is 12.7. The van der Waals surface area contributed by atoms with Crippen LogP contribution in [-0.4, -0.2) is 6.04 Å². The van der Waals surface area contributed by atoms with Crippen LogP contribution in [0.5, 0.6) is 0 Å². The van der Waals surface area contributed by atoms with Gasteiger partial charge in [-0.2, -0.15) is 4.39 Å². The molecule has 0 saturated carbocycles. The molecule has 2 rings (SSSR count). The molecule has 2 nitrogen and oxygen atoms in total. The van der Waals surface area contributed by atoms with E-state index in [1.807, 2.05) is 20.8 Å². The summed E-state index contributed by atoms with van der Waals surface area (Å²) in [5.74, 6) is -1.17. The maximum atomic E-state index is 13.8. The lowest BCUT2D eigenvalue weighted by Gasteiger charge is -2.06. The van der Waals surface area contributed by atoms with Gasteiger partial charge in [-0.25, -0.2) is 4.39 Å². The number of hydrogen-bond acceptors (Lipinski definition) is 2. The Labute approximate surface area is 119 Å². The maximum absolute atomic E-state index is 13.8. The van der Waals surface area contributed by atoms with E-state index in [-0.39, 0.29) is 5.58 Å². The lowest BCUT2D eigenvalue weighted by atomic mass is 10.1. The van der Waals surface area contributed by atoms with Crippen molar-refractivity contribution in [1.82, 2.24) is 5.32 Å². The van der Waals surface area contributed by atoms with Crippen LogP contribution in [0.25, 0.3) is 11.0 Å². The molecule has 0 bridgehead atoms. The van der Waals surface area contributed by atoms with E-state index in [2.05, 4.69) is 21.2 Å². The zero-order chi connectivity index (χ0) is 14.2. The summed E-state index contributed by atoms with van der Waals surface area (Å²) < 4.78 is 33.2. The summed E-state index contributed by atoms with van der Waals surface area (Å²) in [6.07, 6.45) is 0.700. The Morgan fingerprint density at radius 2 is 2.05 bits per heavy atom. The molecule has 0 aliphatic rings. The van der Waals surface area contributed by atoms with Crippen LogP contribution in [0.1, 0.15) is 32.1 Å². The summed E-state index contributed by atoms with van der Waals surface area (Å²) in [6.45, 7) is 6.51. The van der Waals surface area contributed by atoms with E-state index in [1.54, 1.807) is 0 Å². The number of halogens is 3. The number of fused-ring (bicyclic) bond motifs is 1. The summed E-state index contributed by atoms with van der Waals surface area (Å²) in [6, 6.07) is 1.44. The predicted octanol–water partition coefficient (Wildman–Crippen LogP) is 4.53. The number of furan rings is 1. The molecule has 1 N–H and O–H groups in total. The SMILES string of the molecule is CCc1c(CNC(C)C)oc2c(F)c(F)cc(Br)c12. The van der Waals surface area contributed by atoms with Crippen LogP contribution in [0.3, 0.4) is 0 Å². The van der Waals surface area contributed by atoms with Gasteiger partial charge in [-0.3, -0.25) is 0 Å². The Balaban J connectivity index is 2.60. The van der Waals surface area contributed by atoms with Crippen molar-refractivity contribution >= 4 is 26.9 Å². The highest BCUT2D eigenvalue weighted by Gasteiger charge is 2.21. The standard InChI is InChI=1S/C14H16BrF2NO/c1-4-8-11(6-18-7(2)3)19-14-12(8)9(15)5-10(16)13(14)17/h5,7,18H,4,6H2,1-3H3. The second-order valence-corrected chi connectivity index (χ2v) is 5.61. The van der Waals surface area contributed by atoms with E-state index in [4.69, 9.17) is 4.42 Å². The van der Waals surface area contributed by atoms with Gasteiger partial charge in [-0.15, -0.1) is 0 Å². The number of nitrogens with one attached hydrogen (secondary N) is 1. The molecule has 1 aromatic heterocycles. The molecule has 2 aromatic rings. The number of hydrogen-bond donors (Lipinski definition) is 1. The molecule has 0 spiro atoms. The van der Waals surface area contributed by atoms with Crippen LogP contribution < -0.4 is 5.32 Å². The molecule has 0 saturated heterocycles. The van der Waals surface area contributed by atoms with E-state index in [9.17, 15) is 8.78 Å². The van der Waals surface area contributed by atoms with Gasteiger partial charge >= 0.3 is 0 Å². The lowest BCUT2D eigenvalue weighted by molar-refractivity contribution is 0.456. The molecule has 19 heavy (non-hydrogen) atoms. The van der Waals surface area contributed by atoms with Gasteiger partial charge in [0.15, 0.2) is 11.4 Å². The highest BCUT2D eigenvalue weighted by atomic mass is 79.9. The van der Waals surface area contributed by atoms with Crippen molar-refractivity contribution in [3.05, 3.63) is 33.5 Å². The first-order valence-corrected chi connectivity index (χ1v) is 7.06. The first-order chi connectivity index (χ1) is 8.95. The van der Waals surface area contributed by atoms with E-state index in [0.29, 0.717) is 34.6 Å². The molecule has 0 aliphatic heterocycles. The van der Waals surface area contributed by atoms with Gasteiger partial charge in [-0.1, -0.05) is 20.8 Å². The number of benzene rings is 1. The second-order valence-electron chi connectivity index (χ2n) is 4.75. The van der Waals surface area contributed by atoms with Gasteiger partial charge in [0.25, 0.3) is 0 Å². The van der Waals surface area contributed by atoms with E-state index >= 15 is 0 Å². The average molecular weight is 332 g/mol. The number of rotatable bonds is 4. The largest absolute Gasteiger partial charge is 0.456 e. The van der Waals surface area contributed by atoms with Gasteiger partial charge in [0.05, 0.1) is 6.54 Å². The highest BCUT2D eigenvalue weighted by Crippen LogP contribution is 2.35. The Hall–Kier alpha value is -0.940. The molecule has 1 aromatic carbocycles. The molecule has 0 radical (unpaired) electrons. The van der Waals surface area contributed by atoms with Gasteiger partial charge in [0.1, 0.15) is 5.76 Å². The minimum absolute atomic E-state index is 0.00992. The van der Waals surface area contributed by atoms with Crippen molar-refractivity contribution in [3.63, 3.8) is 0 Å². The third kappa shape index (κ3) is 2.67. The molecule has 0 atom stereocenters. The molecular formula is C14H16BrF2NO. The summed E-state index contributed by atoms with van der Waals surface area (Å²) in [4.78, 5) is 0. The minimum atomic E-state index is -0.927. The van der Waals surface area contributed by atoms with E-state index in [1.165, 1.54) is 0 Å². The molecule has 0 aliphatic carbocycles. The first-order valence-electron chi connectivity index (χ1n) is 6.26. The van der Waals surface area contributed by atoms with Crippen molar-refractivity contribution in [2.45, 2.75) is 39.8 Å². The van der Waals surface area contributed by atoms with E-state index in [0.717, 1.165) is 11.6 Å². The smallest absolute Gasteiger partial charge is 0.201 e. The average Bonchev–Trinajstić information content (AvgIpc) is 2.72. The minimum Gasteiger partial charge on any atom is -0.456 e. The van der Waals surface area contributed by atoms with Crippen molar-refractivity contribution < 1.29 is 13.2 Å². The normalized spacial score (nSPS) is 11.7. The van der Waals surface area contributed by atoms with E-state index < -0.39 is 11.6 Å². The van der Waals surface area contributed by atoms with Gasteiger partial charge in [0, 0.05) is 21.5 Å². The topological polar surface area (TPSA) is 25.2 Å². The summed E-state index contributed by atoms with van der Waals surface area (Å²) >= 11 is 3.28. The third-order valence-corrected chi connectivity index (χ3v) is 3.64. The molecule has 5 heteroatoms. The molecule has 0 fully saturated rings. The second kappa shape index (κ2) is 5.59. The van der Waals surface area contributed by atoms with Crippen LogP contribution in [0.15, 0.2) is 15.0 Å². The Morgan fingerprint density at radius 3 is 2.63 bits per heavy atom. The highest BCUT2D eigenvalue weighted by molar-refractivity contribution is 9.10. The predicted molar refractivity (Wildman–Crippen MR) is 75.2 cm³/mol. The number of aryl methyl sites for hydroxylation is 1. The molecule has 104 valence electrons. The van der Waals surface area contributed by atoms with Crippen molar-refractivity contribution in [1.29, 1.82) is 0 Å². The Bertz CT molecular complexity index is 607. The van der Waals surface area contributed by atoms with Crippen molar-refractivity contribution in [2.75, 3.05) is 0 Å². The molecule has 0 amide bonds. The summed E-state index contributed by atoms with van der Waals surface area (Å²) in [5.41, 5.74) is 0.901. The van der Waals surface area contributed by atoms with Crippen molar-refractivity contribution in [3.8, 4) is 0 Å².